The number of halogens is 1. The Morgan fingerprint density at radius 3 is 2.34 bits per heavy atom. The topological polar surface area (TPSA) is 91.0 Å². The average molecular weight is 416 g/mol. The summed E-state index contributed by atoms with van der Waals surface area (Å²) in [5.74, 6) is -1.17. The summed E-state index contributed by atoms with van der Waals surface area (Å²) in [6, 6.07) is 9.20. The van der Waals surface area contributed by atoms with Crippen molar-refractivity contribution in [2.45, 2.75) is 33.8 Å². The van der Waals surface area contributed by atoms with Gasteiger partial charge < -0.3 is 10.1 Å². The van der Waals surface area contributed by atoms with E-state index in [4.69, 9.17) is 16.3 Å². The summed E-state index contributed by atoms with van der Waals surface area (Å²) in [6.45, 7) is 6.79. The quantitative estimate of drug-likeness (QED) is 0.645. The van der Waals surface area contributed by atoms with Gasteiger partial charge in [-0.05, 0) is 39.8 Å². The number of benzene rings is 1. The van der Waals surface area contributed by atoms with Gasteiger partial charge in [-0.25, -0.2) is 9.48 Å². The molecule has 2 aromatic heterocycles. The molecule has 1 N–H and O–H groups in total. The molecule has 0 aliphatic carbocycles. The van der Waals surface area contributed by atoms with Crippen molar-refractivity contribution in [1.29, 1.82) is 0 Å². The zero-order valence-electron chi connectivity index (χ0n) is 16.9. The van der Waals surface area contributed by atoms with Gasteiger partial charge in [0, 0.05) is 7.05 Å². The lowest BCUT2D eigenvalue weighted by Crippen LogP contribution is -2.30. The first kappa shape index (κ1) is 20.6. The monoisotopic (exact) mass is 415 g/mol. The molecule has 152 valence electrons. The number of ether oxygens (including phenoxy) is 1. The summed E-state index contributed by atoms with van der Waals surface area (Å²) in [5.41, 5.74) is 3.34. The molecular formula is C20H22ClN5O3. The number of aryl methyl sites for hydroxylation is 3. The van der Waals surface area contributed by atoms with Gasteiger partial charge in [-0.1, -0.05) is 29.8 Å². The summed E-state index contributed by atoms with van der Waals surface area (Å²) >= 11 is 6.38. The van der Waals surface area contributed by atoms with Gasteiger partial charge in [-0.15, -0.1) is 0 Å². The first-order valence-electron chi connectivity index (χ1n) is 9.03. The molecule has 3 aromatic rings. The van der Waals surface area contributed by atoms with E-state index in [1.807, 2.05) is 37.3 Å². The molecule has 3 rings (SSSR count). The number of carbonyl (C=O) groups is 2. The highest BCUT2D eigenvalue weighted by Gasteiger charge is 2.27. The number of nitrogens with zero attached hydrogens (tertiary/aromatic N) is 4. The van der Waals surface area contributed by atoms with Crippen molar-refractivity contribution in [3.05, 3.63) is 58.1 Å². The third-order valence-corrected chi connectivity index (χ3v) is 4.97. The fourth-order valence-electron chi connectivity index (χ4n) is 2.92. The molecule has 0 unspecified atom stereocenters. The summed E-state index contributed by atoms with van der Waals surface area (Å²) < 4.78 is 8.48. The fraction of sp³-hybridized carbons (Fsp3) is 0.300. The standard InChI is InChI=1S/C20H22ClN5O3/c1-11-16(18(21)26(24-11)15-9-7-6-8-10-15)20(28)29-14(4)19(27)22-17-12(2)23-25(5)13(17)3/h6-10,14H,1-5H3,(H,22,27)/t14-/m0/s1. The van der Waals surface area contributed by atoms with E-state index in [1.54, 1.807) is 25.6 Å². The molecule has 0 fully saturated rings. The molecule has 9 heteroatoms. The third-order valence-electron chi connectivity index (χ3n) is 4.62. The molecule has 0 bridgehead atoms. The largest absolute Gasteiger partial charge is 0.449 e. The minimum absolute atomic E-state index is 0.129. The number of para-hydroxylation sites is 1. The summed E-state index contributed by atoms with van der Waals surface area (Å²) in [7, 11) is 1.79. The van der Waals surface area contributed by atoms with Crippen molar-refractivity contribution in [3.8, 4) is 5.69 Å². The Balaban J connectivity index is 1.76. The van der Waals surface area contributed by atoms with Crippen LogP contribution in [0.25, 0.3) is 5.69 Å². The van der Waals surface area contributed by atoms with Crippen molar-refractivity contribution in [2.24, 2.45) is 7.05 Å². The van der Waals surface area contributed by atoms with Crippen LogP contribution in [0.1, 0.15) is 34.4 Å². The van der Waals surface area contributed by atoms with Gasteiger partial charge in [-0.3, -0.25) is 9.48 Å². The van der Waals surface area contributed by atoms with Gasteiger partial charge >= 0.3 is 5.97 Å². The number of aromatic nitrogens is 4. The Hall–Kier alpha value is -3.13. The summed E-state index contributed by atoms with van der Waals surface area (Å²) in [4.78, 5) is 25.2. The van der Waals surface area contributed by atoms with Crippen LogP contribution >= 0.6 is 11.6 Å². The second-order valence-electron chi connectivity index (χ2n) is 6.70. The molecule has 1 aromatic carbocycles. The van der Waals surface area contributed by atoms with E-state index in [2.05, 4.69) is 15.5 Å². The zero-order chi connectivity index (χ0) is 21.3. The lowest BCUT2D eigenvalue weighted by Gasteiger charge is -2.14. The van der Waals surface area contributed by atoms with Gasteiger partial charge in [0.25, 0.3) is 5.91 Å². The molecule has 1 atom stereocenters. The van der Waals surface area contributed by atoms with Gasteiger partial charge in [0.15, 0.2) is 6.10 Å². The van der Waals surface area contributed by atoms with Crippen LogP contribution in [0.15, 0.2) is 30.3 Å². The van der Waals surface area contributed by atoms with Gasteiger partial charge in [0.1, 0.15) is 10.7 Å². The van der Waals surface area contributed by atoms with E-state index in [-0.39, 0.29) is 10.7 Å². The molecule has 8 nitrogen and oxygen atoms in total. The van der Waals surface area contributed by atoms with Crippen LogP contribution in [0.4, 0.5) is 5.69 Å². The number of hydrogen-bond donors (Lipinski definition) is 1. The summed E-state index contributed by atoms with van der Waals surface area (Å²) in [6.07, 6.45) is -1.03. The maximum absolute atomic E-state index is 12.7. The SMILES string of the molecule is Cc1nn(C)c(C)c1NC(=O)[C@H](C)OC(=O)c1c(C)nn(-c2ccccc2)c1Cl. The van der Waals surface area contributed by atoms with Crippen LogP contribution in [0, 0.1) is 20.8 Å². The Kier molecular flexibility index (Phi) is 5.74. The normalized spacial score (nSPS) is 11.9. The molecule has 29 heavy (non-hydrogen) atoms. The average Bonchev–Trinajstić information content (AvgIpc) is 3.11. The van der Waals surface area contributed by atoms with E-state index in [0.29, 0.717) is 22.8 Å². The number of carbonyl (C=O) groups excluding carboxylic acids is 2. The Morgan fingerprint density at radius 1 is 1.10 bits per heavy atom. The second-order valence-corrected chi connectivity index (χ2v) is 7.06. The molecule has 1 amide bonds. The molecule has 0 saturated carbocycles. The first-order chi connectivity index (χ1) is 13.7. The lowest BCUT2D eigenvalue weighted by atomic mass is 10.2. The van der Waals surface area contributed by atoms with Crippen molar-refractivity contribution in [2.75, 3.05) is 5.32 Å². The smallest absolute Gasteiger partial charge is 0.344 e. The maximum atomic E-state index is 12.7. The highest BCUT2D eigenvalue weighted by molar-refractivity contribution is 6.33. The number of hydrogen-bond acceptors (Lipinski definition) is 5. The number of anilines is 1. The predicted molar refractivity (Wildman–Crippen MR) is 110 cm³/mol. The highest BCUT2D eigenvalue weighted by Crippen LogP contribution is 2.25. The van der Waals surface area contributed by atoms with E-state index in [9.17, 15) is 9.59 Å². The third kappa shape index (κ3) is 4.02. The number of rotatable bonds is 5. The van der Waals surface area contributed by atoms with Gasteiger partial charge in [0.2, 0.25) is 0 Å². The molecular weight excluding hydrogens is 394 g/mol. The van der Waals surface area contributed by atoms with Crippen LogP contribution < -0.4 is 5.32 Å². The van der Waals surface area contributed by atoms with Gasteiger partial charge in [0.05, 0.1) is 28.5 Å². The Morgan fingerprint density at radius 2 is 1.76 bits per heavy atom. The van der Waals surface area contributed by atoms with E-state index < -0.39 is 18.0 Å². The molecule has 2 heterocycles. The minimum Gasteiger partial charge on any atom is -0.449 e. The van der Waals surface area contributed by atoms with E-state index in [0.717, 1.165) is 5.69 Å². The number of nitrogens with one attached hydrogen (secondary N) is 1. The molecule has 0 saturated heterocycles. The molecule has 0 radical (unpaired) electrons. The molecule has 0 aliphatic rings. The highest BCUT2D eigenvalue weighted by atomic mass is 35.5. The van der Waals surface area contributed by atoms with E-state index >= 15 is 0 Å². The van der Waals surface area contributed by atoms with E-state index in [1.165, 1.54) is 11.6 Å². The van der Waals surface area contributed by atoms with Crippen molar-refractivity contribution >= 4 is 29.2 Å². The molecule has 0 aliphatic heterocycles. The fourth-order valence-corrected chi connectivity index (χ4v) is 3.27. The lowest BCUT2D eigenvalue weighted by molar-refractivity contribution is -0.123. The Bertz CT molecular complexity index is 1070. The van der Waals surface area contributed by atoms with Crippen molar-refractivity contribution in [3.63, 3.8) is 0 Å². The van der Waals surface area contributed by atoms with Crippen LogP contribution in [-0.2, 0) is 16.6 Å². The van der Waals surface area contributed by atoms with Crippen LogP contribution in [0.5, 0.6) is 0 Å². The van der Waals surface area contributed by atoms with Crippen LogP contribution in [-0.4, -0.2) is 37.5 Å². The maximum Gasteiger partial charge on any atom is 0.344 e. The second kappa shape index (κ2) is 8.08. The van der Waals surface area contributed by atoms with Crippen LogP contribution in [0.2, 0.25) is 5.15 Å². The number of esters is 1. The minimum atomic E-state index is -1.03. The van der Waals surface area contributed by atoms with Gasteiger partial charge in [-0.2, -0.15) is 10.2 Å². The molecule has 0 spiro atoms. The van der Waals surface area contributed by atoms with Crippen molar-refractivity contribution < 1.29 is 14.3 Å². The number of amides is 1. The first-order valence-corrected chi connectivity index (χ1v) is 9.41. The summed E-state index contributed by atoms with van der Waals surface area (Å²) in [5, 5.41) is 11.5. The van der Waals surface area contributed by atoms with Crippen LogP contribution in [0.3, 0.4) is 0 Å². The van der Waals surface area contributed by atoms with Crippen molar-refractivity contribution in [1.82, 2.24) is 19.6 Å². The predicted octanol–water partition coefficient (Wildman–Crippen LogP) is 3.37. The zero-order valence-corrected chi connectivity index (χ0v) is 17.6. The Labute approximate surface area is 173 Å².